The van der Waals surface area contributed by atoms with Gasteiger partial charge in [-0.05, 0) is 35.8 Å². The maximum absolute atomic E-state index is 13.4. The Hall–Kier alpha value is -3.46. The molecular weight excluding hydrogens is 453 g/mol. The smallest absolute Gasteiger partial charge is 0.416 e. The van der Waals surface area contributed by atoms with Gasteiger partial charge in [0.15, 0.2) is 4.80 Å². The third-order valence-electron chi connectivity index (χ3n) is 5.30. The number of aromatic nitrogens is 1. The van der Waals surface area contributed by atoms with E-state index in [9.17, 15) is 22.8 Å². The summed E-state index contributed by atoms with van der Waals surface area (Å²) >= 11 is 1.13. The number of hydrogen-bond donors (Lipinski definition) is 0. The summed E-state index contributed by atoms with van der Waals surface area (Å²) in [6, 6.07) is 12.9. The normalized spacial score (nSPS) is 16.4. The lowest BCUT2D eigenvalue weighted by molar-refractivity contribution is -0.138. The minimum Gasteiger partial charge on any atom is -0.466 e. The van der Waals surface area contributed by atoms with E-state index in [-0.39, 0.29) is 5.56 Å². The first kappa shape index (κ1) is 22.7. The molecule has 0 unspecified atom stereocenters. The Balaban J connectivity index is 1.92. The number of carbonyl (C=O) groups excluding carboxylic acids is 1. The highest BCUT2D eigenvalue weighted by Gasteiger charge is 2.33. The van der Waals surface area contributed by atoms with E-state index < -0.39 is 23.8 Å². The molecule has 0 radical (unpaired) electrons. The molecule has 0 bridgehead atoms. The lowest BCUT2D eigenvalue weighted by Gasteiger charge is -2.25. The van der Waals surface area contributed by atoms with Gasteiger partial charge in [0.05, 0.1) is 34.5 Å². The van der Waals surface area contributed by atoms with Crippen molar-refractivity contribution in [2.75, 3.05) is 7.11 Å². The molecule has 1 aromatic heterocycles. The van der Waals surface area contributed by atoms with Crippen LogP contribution in [-0.2, 0) is 15.7 Å². The van der Waals surface area contributed by atoms with Gasteiger partial charge in [0.1, 0.15) is 0 Å². The Labute approximate surface area is 190 Å². The number of hydrogen-bond acceptors (Lipinski definition) is 5. The molecule has 2 heterocycles. The molecule has 0 N–H and O–H groups in total. The van der Waals surface area contributed by atoms with Crippen molar-refractivity contribution >= 4 is 23.4 Å². The summed E-state index contributed by atoms with van der Waals surface area (Å²) in [5.41, 5.74) is 0.843. The summed E-state index contributed by atoms with van der Waals surface area (Å²) in [4.78, 5) is 31.1. The number of ether oxygens (including phenoxy) is 1. The van der Waals surface area contributed by atoms with Gasteiger partial charge >= 0.3 is 12.1 Å². The molecule has 3 aromatic rings. The van der Waals surface area contributed by atoms with E-state index in [1.165, 1.54) is 29.9 Å². The highest BCUT2D eigenvalue weighted by Crippen LogP contribution is 2.32. The molecule has 2 aromatic carbocycles. The second kappa shape index (κ2) is 8.82. The average Bonchev–Trinajstić information content (AvgIpc) is 3.12. The quantitative estimate of drug-likeness (QED) is 0.543. The molecule has 0 spiro atoms. The number of benzene rings is 2. The van der Waals surface area contributed by atoms with E-state index in [4.69, 9.17) is 4.74 Å². The van der Waals surface area contributed by atoms with Crippen LogP contribution >= 0.6 is 11.3 Å². The number of nitrogens with zero attached hydrogens (tertiary/aromatic N) is 2. The van der Waals surface area contributed by atoms with E-state index in [1.807, 2.05) is 37.3 Å². The third kappa shape index (κ3) is 4.28. The standard InChI is InChI=1S/C24H19F3N2O3S/c1-3-17-19(22(31)32-2)20(15-7-5-4-6-8-15)29-21(30)18(33-23(29)28-17)13-14-9-11-16(12-10-14)24(25,26)27/h4-13,20H,3H2,1-2H3/b18-13-/t20-/m1/s1. The van der Waals surface area contributed by atoms with Gasteiger partial charge in [0.25, 0.3) is 5.56 Å². The van der Waals surface area contributed by atoms with Gasteiger partial charge in [-0.2, -0.15) is 13.2 Å². The zero-order valence-corrected chi connectivity index (χ0v) is 18.5. The number of thiazole rings is 1. The molecule has 0 amide bonds. The van der Waals surface area contributed by atoms with Crippen LogP contribution < -0.4 is 14.9 Å². The zero-order valence-electron chi connectivity index (χ0n) is 17.7. The van der Waals surface area contributed by atoms with Gasteiger partial charge < -0.3 is 4.74 Å². The van der Waals surface area contributed by atoms with Crippen LogP contribution in [0.2, 0.25) is 0 Å². The van der Waals surface area contributed by atoms with Gasteiger partial charge in [0, 0.05) is 0 Å². The summed E-state index contributed by atoms with van der Waals surface area (Å²) in [5, 5.41) is 0. The summed E-state index contributed by atoms with van der Waals surface area (Å²) in [6.07, 6.45) is -2.45. The van der Waals surface area contributed by atoms with Gasteiger partial charge in [-0.3, -0.25) is 9.36 Å². The SMILES string of the molecule is CCC1=C(C(=O)OC)[C@@H](c2ccccc2)n2c(s/c(=C\c3ccc(C(F)(F)F)cc3)c2=O)=N1. The fourth-order valence-electron chi connectivity index (χ4n) is 3.73. The fourth-order valence-corrected chi connectivity index (χ4v) is 4.75. The number of carbonyl (C=O) groups is 1. The van der Waals surface area contributed by atoms with Crippen molar-refractivity contribution in [1.29, 1.82) is 0 Å². The van der Waals surface area contributed by atoms with Crippen LogP contribution in [0.25, 0.3) is 6.08 Å². The molecule has 0 fully saturated rings. The van der Waals surface area contributed by atoms with Crippen molar-refractivity contribution in [2.24, 2.45) is 4.99 Å². The van der Waals surface area contributed by atoms with Crippen molar-refractivity contribution < 1.29 is 22.7 Å². The van der Waals surface area contributed by atoms with Crippen LogP contribution in [0.5, 0.6) is 0 Å². The van der Waals surface area contributed by atoms with Gasteiger partial charge in [-0.15, -0.1) is 0 Å². The van der Waals surface area contributed by atoms with Crippen LogP contribution in [0.3, 0.4) is 0 Å². The molecule has 33 heavy (non-hydrogen) atoms. The summed E-state index contributed by atoms with van der Waals surface area (Å²) in [5.74, 6) is -0.568. The van der Waals surface area contributed by atoms with E-state index in [2.05, 4.69) is 4.99 Å². The van der Waals surface area contributed by atoms with Gasteiger partial charge in [-0.25, -0.2) is 9.79 Å². The molecule has 1 atom stereocenters. The molecule has 170 valence electrons. The largest absolute Gasteiger partial charge is 0.466 e. The molecule has 5 nitrogen and oxygen atoms in total. The summed E-state index contributed by atoms with van der Waals surface area (Å²) < 4.78 is 45.3. The fraction of sp³-hybridized carbons (Fsp3) is 0.208. The number of alkyl halides is 3. The van der Waals surface area contributed by atoms with E-state index in [0.29, 0.717) is 32.6 Å². The summed E-state index contributed by atoms with van der Waals surface area (Å²) in [6.45, 7) is 1.86. The minimum absolute atomic E-state index is 0.291. The first-order chi connectivity index (χ1) is 15.7. The lowest BCUT2D eigenvalue weighted by atomic mass is 9.95. The number of fused-ring (bicyclic) bond motifs is 1. The lowest BCUT2D eigenvalue weighted by Crippen LogP contribution is -2.40. The van der Waals surface area contributed by atoms with E-state index >= 15 is 0 Å². The second-order valence-corrected chi connectivity index (χ2v) is 8.33. The Bertz CT molecular complexity index is 1400. The van der Waals surface area contributed by atoms with Gasteiger partial charge in [-0.1, -0.05) is 60.7 Å². The molecule has 4 rings (SSSR count). The maximum atomic E-state index is 13.4. The summed E-state index contributed by atoms with van der Waals surface area (Å²) in [7, 11) is 1.28. The van der Waals surface area contributed by atoms with Crippen molar-refractivity contribution in [3.63, 3.8) is 0 Å². The number of halogens is 3. The molecule has 0 saturated heterocycles. The van der Waals surface area contributed by atoms with Crippen LogP contribution in [-0.4, -0.2) is 17.6 Å². The number of methoxy groups -OCH3 is 1. The molecule has 0 aliphatic carbocycles. The van der Waals surface area contributed by atoms with Crippen LogP contribution in [0.1, 0.15) is 36.1 Å². The topological polar surface area (TPSA) is 60.7 Å². The minimum atomic E-state index is -4.44. The Kier molecular flexibility index (Phi) is 6.07. The monoisotopic (exact) mass is 472 g/mol. The number of esters is 1. The van der Waals surface area contributed by atoms with Crippen molar-refractivity contribution in [1.82, 2.24) is 4.57 Å². The Morgan fingerprint density at radius 2 is 1.82 bits per heavy atom. The first-order valence-electron chi connectivity index (χ1n) is 10.1. The number of rotatable bonds is 4. The third-order valence-corrected chi connectivity index (χ3v) is 6.28. The van der Waals surface area contributed by atoms with Crippen LogP contribution in [0.15, 0.2) is 75.7 Å². The van der Waals surface area contributed by atoms with Crippen molar-refractivity contribution in [3.05, 3.63) is 102 Å². The molecule has 1 aliphatic heterocycles. The molecule has 0 saturated carbocycles. The molecular formula is C24H19F3N2O3S. The maximum Gasteiger partial charge on any atom is 0.416 e. The molecule has 9 heteroatoms. The van der Waals surface area contributed by atoms with E-state index in [1.54, 1.807) is 0 Å². The average molecular weight is 472 g/mol. The van der Waals surface area contributed by atoms with Crippen molar-refractivity contribution in [2.45, 2.75) is 25.6 Å². The van der Waals surface area contributed by atoms with Gasteiger partial charge in [0.2, 0.25) is 0 Å². The van der Waals surface area contributed by atoms with E-state index in [0.717, 1.165) is 29.0 Å². The Morgan fingerprint density at radius 3 is 2.39 bits per heavy atom. The van der Waals surface area contributed by atoms with Crippen LogP contribution in [0, 0.1) is 0 Å². The second-order valence-electron chi connectivity index (χ2n) is 7.32. The Morgan fingerprint density at radius 1 is 1.15 bits per heavy atom. The predicted octanol–water partition coefficient (Wildman–Crippen LogP) is 3.82. The molecule has 1 aliphatic rings. The first-order valence-corrected chi connectivity index (χ1v) is 10.9. The van der Waals surface area contributed by atoms with Crippen molar-refractivity contribution in [3.8, 4) is 0 Å². The predicted molar refractivity (Wildman–Crippen MR) is 118 cm³/mol. The van der Waals surface area contributed by atoms with Crippen LogP contribution in [0.4, 0.5) is 13.2 Å². The number of allylic oxidation sites excluding steroid dienone is 1. The highest BCUT2D eigenvalue weighted by atomic mass is 32.1. The zero-order chi connectivity index (χ0) is 23.8. The highest BCUT2D eigenvalue weighted by molar-refractivity contribution is 7.07.